The van der Waals surface area contributed by atoms with Gasteiger partial charge in [0.15, 0.2) is 0 Å². The van der Waals surface area contributed by atoms with Gasteiger partial charge in [0.2, 0.25) is 21.8 Å². The van der Waals surface area contributed by atoms with Crippen molar-refractivity contribution < 1.29 is 18.0 Å². The second-order valence-electron chi connectivity index (χ2n) is 9.96. The maximum Gasteiger partial charge on any atom is 0.243 e. The highest BCUT2D eigenvalue weighted by molar-refractivity contribution is 7.89. The summed E-state index contributed by atoms with van der Waals surface area (Å²) in [7, 11) is -3.92. The summed E-state index contributed by atoms with van der Waals surface area (Å²) in [6, 6.07) is 13.5. The molecule has 0 radical (unpaired) electrons. The predicted octanol–water partition coefficient (Wildman–Crippen LogP) is 2.85. The minimum absolute atomic E-state index is 0.116. The van der Waals surface area contributed by atoms with Gasteiger partial charge in [0.05, 0.1) is 11.4 Å². The topological polar surface area (TPSA) is 122 Å². The van der Waals surface area contributed by atoms with Crippen molar-refractivity contribution in [3.63, 3.8) is 0 Å². The Morgan fingerprint density at radius 2 is 1.53 bits per heavy atom. The lowest BCUT2D eigenvalue weighted by atomic mass is 9.98. The van der Waals surface area contributed by atoms with E-state index < -0.39 is 22.0 Å². The summed E-state index contributed by atoms with van der Waals surface area (Å²) in [5, 5.41) is 5.71. The van der Waals surface area contributed by atoms with Crippen molar-refractivity contribution in [2.45, 2.75) is 75.9 Å². The van der Waals surface area contributed by atoms with Gasteiger partial charge in [-0.1, -0.05) is 64.1 Å². The normalized spacial score (nSPS) is 18.9. The molecule has 1 saturated heterocycles. The van der Waals surface area contributed by atoms with Crippen molar-refractivity contribution in [3.05, 3.63) is 65.2 Å². The number of amides is 2. The average molecular weight is 515 g/mol. The van der Waals surface area contributed by atoms with Crippen LogP contribution in [0.1, 0.15) is 69.1 Å². The van der Waals surface area contributed by atoms with Gasteiger partial charge in [-0.05, 0) is 53.5 Å². The highest BCUT2D eigenvalue weighted by Crippen LogP contribution is 2.27. The summed E-state index contributed by atoms with van der Waals surface area (Å²) in [4.78, 5) is 25.3. The average Bonchev–Trinajstić information content (AvgIpc) is 2.87. The smallest absolute Gasteiger partial charge is 0.243 e. The van der Waals surface area contributed by atoms with E-state index in [1.54, 1.807) is 12.1 Å². The minimum Gasteiger partial charge on any atom is -0.352 e. The lowest BCUT2D eigenvalue weighted by molar-refractivity contribution is -0.127. The molecule has 2 aromatic rings. The van der Waals surface area contributed by atoms with E-state index in [0.717, 1.165) is 11.1 Å². The Balaban J connectivity index is 1.81. The van der Waals surface area contributed by atoms with Crippen LogP contribution < -0.4 is 16.4 Å². The van der Waals surface area contributed by atoms with E-state index in [4.69, 9.17) is 5.73 Å². The molecule has 0 unspecified atom stereocenters. The number of rotatable bonds is 9. The molecule has 196 valence electrons. The molecule has 0 aromatic heterocycles. The number of sulfonamides is 1. The molecule has 8 nitrogen and oxygen atoms in total. The largest absolute Gasteiger partial charge is 0.352 e. The quantitative estimate of drug-likeness (QED) is 0.475. The maximum absolute atomic E-state index is 13.6. The third-order valence-corrected chi connectivity index (χ3v) is 8.60. The van der Waals surface area contributed by atoms with Crippen molar-refractivity contribution in [2.75, 3.05) is 13.1 Å². The van der Waals surface area contributed by atoms with Gasteiger partial charge in [-0.15, -0.1) is 0 Å². The minimum atomic E-state index is -3.92. The number of hydrogen-bond donors (Lipinski definition) is 3. The Kier molecular flexibility index (Phi) is 9.27. The van der Waals surface area contributed by atoms with Crippen LogP contribution in [-0.4, -0.2) is 49.7 Å². The zero-order valence-corrected chi connectivity index (χ0v) is 22.3. The summed E-state index contributed by atoms with van der Waals surface area (Å²) in [6.07, 6.45) is 0.572. The molecule has 9 heteroatoms. The monoisotopic (exact) mass is 514 g/mol. The summed E-state index contributed by atoms with van der Waals surface area (Å²) in [6.45, 7) is 8.55. The summed E-state index contributed by atoms with van der Waals surface area (Å²) in [5.41, 5.74) is 8.60. The van der Waals surface area contributed by atoms with Crippen LogP contribution in [0.4, 0.5) is 0 Å². The van der Waals surface area contributed by atoms with Crippen LogP contribution in [-0.2, 0) is 26.2 Å². The third kappa shape index (κ3) is 6.72. The van der Waals surface area contributed by atoms with Gasteiger partial charge >= 0.3 is 0 Å². The standard InChI is InChI=1S/C27H38N4O4S/c1-18(2)21-7-5-20(6-8-21)17-29-27(33)25-15-23(30-26(32)16-28)13-14-31(25)36(34,35)24-11-9-22(10-12-24)19(3)4/h5-12,18-19,23,25H,13-17,28H2,1-4H3,(H,29,33)(H,30,32)/t23-,25-/m1/s1. The molecule has 3 rings (SSSR count). The summed E-state index contributed by atoms with van der Waals surface area (Å²) < 4.78 is 28.4. The Bertz CT molecular complexity index is 1150. The van der Waals surface area contributed by atoms with Crippen LogP contribution >= 0.6 is 0 Å². The highest BCUT2D eigenvalue weighted by Gasteiger charge is 2.41. The van der Waals surface area contributed by atoms with Crippen molar-refractivity contribution in [1.82, 2.24) is 14.9 Å². The zero-order chi connectivity index (χ0) is 26.5. The molecule has 2 aromatic carbocycles. The van der Waals surface area contributed by atoms with Gasteiger partial charge in [-0.2, -0.15) is 4.31 Å². The van der Waals surface area contributed by atoms with E-state index in [1.165, 1.54) is 9.87 Å². The molecular formula is C27H38N4O4S. The molecule has 1 aliphatic rings. The number of piperidine rings is 1. The third-order valence-electron chi connectivity index (χ3n) is 6.67. The van der Waals surface area contributed by atoms with Gasteiger partial charge in [0.25, 0.3) is 0 Å². The number of nitrogens with one attached hydrogen (secondary N) is 2. The number of nitrogens with two attached hydrogens (primary N) is 1. The highest BCUT2D eigenvalue weighted by atomic mass is 32.2. The van der Waals surface area contributed by atoms with Crippen molar-refractivity contribution in [3.8, 4) is 0 Å². The van der Waals surface area contributed by atoms with Crippen molar-refractivity contribution in [1.29, 1.82) is 0 Å². The molecule has 0 saturated carbocycles. The van der Waals surface area contributed by atoms with E-state index >= 15 is 0 Å². The molecule has 2 amide bonds. The molecule has 36 heavy (non-hydrogen) atoms. The second-order valence-corrected chi connectivity index (χ2v) is 11.9. The number of hydrogen-bond acceptors (Lipinski definition) is 5. The number of carbonyl (C=O) groups is 2. The molecule has 1 aliphatic heterocycles. The Labute approximate surface area is 214 Å². The van der Waals surface area contributed by atoms with Crippen LogP contribution in [0, 0.1) is 0 Å². The van der Waals surface area contributed by atoms with E-state index in [1.807, 2.05) is 50.2 Å². The molecule has 4 N–H and O–H groups in total. The molecule has 0 spiro atoms. The number of benzene rings is 2. The fourth-order valence-electron chi connectivity index (χ4n) is 4.37. The SMILES string of the molecule is CC(C)c1ccc(CNC(=O)[C@H]2C[C@H](NC(=O)CN)CCN2S(=O)(=O)c2ccc(C(C)C)cc2)cc1. The molecule has 1 heterocycles. The first-order valence-corrected chi connectivity index (χ1v) is 13.9. The summed E-state index contributed by atoms with van der Waals surface area (Å²) in [5.74, 6) is -0.0383. The van der Waals surface area contributed by atoms with E-state index in [-0.39, 0.29) is 48.8 Å². The Morgan fingerprint density at radius 3 is 2.06 bits per heavy atom. The Morgan fingerprint density at radius 1 is 0.972 bits per heavy atom. The first-order chi connectivity index (χ1) is 17.0. The second kappa shape index (κ2) is 12.0. The first-order valence-electron chi connectivity index (χ1n) is 12.5. The maximum atomic E-state index is 13.6. The van der Waals surface area contributed by atoms with Crippen molar-refractivity contribution in [2.24, 2.45) is 5.73 Å². The number of nitrogens with zero attached hydrogens (tertiary/aromatic N) is 1. The fraction of sp³-hybridized carbons (Fsp3) is 0.481. The molecule has 0 aliphatic carbocycles. The van der Waals surface area contributed by atoms with E-state index in [9.17, 15) is 18.0 Å². The molecule has 2 atom stereocenters. The number of carbonyl (C=O) groups excluding carboxylic acids is 2. The van der Waals surface area contributed by atoms with Crippen LogP contribution in [0.5, 0.6) is 0 Å². The van der Waals surface area contributed by atoms with Crippen LogP contribution in [0.15, 0.2) is 53.4 Å². The van der Waals surface area contributed by atoms with Crippen LogP contribution in [0.3, 0.4) is 0 Å². The van der Waals surface area contributed by atoms with Gasteiger partial charge in [-0.25, -0.2) is 8.42 Å². The van der Waals surface area contributed by atoms with Gasteiger partial charge in [0.1, 0.15) is 6.04 Å². The Hall–Kier alpha value is -2.75. The fourth-order valence-corrected chi connectivity index (χ4v) is 5.99. The van der Waals surface area contributed by atoms with E-state index in [2.05, 4.69) is 24.5 Å². The van der Waals surface area contributed by atoms with Gasteiger partial charge in [0, 0.05) is 19.1 Å². The van der Waals surface area contributed by atoms with E-state index in [0.29, 0.717) is 12.3 Å². The van der Waals surface area contributed by atoms with Gasteiger partial charge < -0.3 is 16.4 Å². The first kappa shape index (κ1) is 27.8. The van der Waals surface area contributed by atoms with Crippen LogP contribution in [0.25, 0.3) is 0 Å². The molecule has 0 bridgehead atoms. The predicted molar refractivity (Wildman–Crippen MR) is 141 cm³/mol. The zero-order valence-electron chi connectivity index (χ0n) is 21.5. The lowest BCUT2D eigenvalue weighted by Gasteiger charge is -2.37. The van der Waals surface area contributed by atoms with Gasteiger partial charge in [-0.3, -0.25) is 9.59 Å². The lowest BCUT2D eigenvalue weighted by Crippen LogP contribution is -2.57. The summed E-state index contributed by atoms with van der Waals surface area (Å²) >= 11 is 0. The van der Waals surface area contributed by atoms with Crippen LogP contribution in [0.2, 0.25) is 0 Å². The molecule has 1 fully saturated rings. The molecular weight excluding hydrogens is 476 g/mol. The van der Waals surface area contributed by atoms with Crippen molar-refractivity contribution >= 4 is 21.8 Å².